The van der Waals surface area contributed by atoms with Crippen molar-refractivity contribution in [2.45, 2.75) is 25.9 Å². The number of ether oxygens (including phenoxy) is 1. The third-order valence-electron chi connectivity index (χ3n) is 5.17. The fourth-order valence-corrected chi connectivity index (χ4v) is 4.54. The van der Waals surface area contributed by atoms with Gasteiger partial charge in [0, 0.05) is 23.6 Å². The Labute approximate surface area is 205 Å². The van der Waals surface area contributed by atoms with Crippen molar-refractivity contribution in [3.8, 4) is 5.75 Å². The molecular formula is C24H23BrCl2N2O3. The summed E-state index contributed by atoms with van der Waals surface area (Å²) < 4.78 is 6.63. The van der Waals surface area contributed by atoms with Crippen LogP contribution in [0.15, 0.2) is 59.1 Å². The van der Waals surface area contributed by atoms with Crippen LogP contribution in [0.1, 0.15) is 18.9 Å². The molecule has 0 aliphatic rings. The van der Waals surface area contributed by atoms with Crippen molar-refractivity contribution in [2.24, 2.45) is 0 Å². The summed E-state index contributed by atoms with van der Waals surface area (Å²) in [5.41, 5.74) is 0.693. The number of halogens is 3. The first-order valence-electron chi connectivity index (χ1n) is 10.1. The van der Waals surface area contributed by atoms with Gasteiger partial charge in [-0.1, -0.05) is 66.5 Å². The van der Waals surface area contributed by atoms with Crippen LogP contribution in [0.4, 0.5) is 0 Å². The highest BCUT2D eigenvalue weighted by Gasteiger charge is 2.29. The quantitative estimate of drug-likeness (QED) is 0.392. The van der Waals surface area contributed by atoms with E-state index in [0.717, 1.165) is 15.2 Å². The predicted molar refractivity (Wildman–Crippen MR) is 132 cm³/mol. The molecule has 1 atom stereocenters. The number of likely N-dealkylation sites (N-methyl/N-ethyl adjacent to an activating group) is 1. The molecule has 0 aliphatic heterocycles. The van der Waals surface area contributed by atoms with Crippen LogP contribution >= 0.6 is 39.1 Å². The Morgan fingerprint density at radius 1 is 1.12 bits per heavy atom. The standard InChI is InChI=1S/C24H23BrCl2N2O3/c1-3-20(24(31)28-2)29(13-16-8-10-17(26)12-19(16)27)22(30)14-32-21-11-9-15-6-4-5-7-18(15)23(21)25/h4-12,20H,3,13-14H2,1-2H3,(H,28,31). The number of carbonyl (C=O) groups excluding carboxylic acids is 2. The largest absolute Gasteiger partial charge is 0.483 e. The molecule has 0 fully saturated rings. The van der Waals surface area contributed by atoms with E-state index in [9.17, 15) is 9.59 Å². The number of fused-ring (bicyclic) bond motifs is 1. The Bertz CT molecular complexity index is 1140. The molecule has 0 aromatic heterocycles. The highest BCUT2D eigenvalue weighted by Crippen LogP contribution is 2.33. The number of benzene rings is 3. The number of nitrogens with one attached hydrogen (secondary N) is 1. The lowest BCUT2D eigenvalue weighted by molar-refractivity contribution is -0.142. The third-order valence-corrected chi connectivity index (χ3v) is 6.57. The molecule has 1 unspecified atom stereocenters. The van der Waals surface area contributed by atoms with Crippen molar-refractivity contribution in [3.05, 3.63) is 74.7 Å². The van der Waals surface area contributed by atoms with Gasteiger partial charge in [0.2, 0.25) is 5.91 Å². The molecule has 0 radical (unpaired) electrons. The van der Waals surface area contributed by atoms with E-state index in [1.54, 1.807) is 25.2 Å². The molecule has 1 N–H and O–H groups in total. The molecular weight excluding hydrogens is 515 g/mol. The molecule has 0 bridgehead atoms. The van der Waals surface area contributed by atoms with Gasteiger partial charge >= 0.3 is 0 Å². The first-order chi connectivity index (χ1) is 15.3. The van der Waals surface area contributed by atoms with E-state index in [-0.39, 0.29) is 25.0 Å². The topological polar surface area (TPSA) is 58.6 Å². The second kappa shape index (κ2) is 11.0. The van der Waals surface area contributed by atoms with E-state index in [2.05, 4.69) is 21.2 Å². The zero-order valence-electron chi connectivity index (χ0n) is 17.7. The highest BCUT2D eigenvalue weighted by atomic mass is 79.9. The summed E-state index contributed by atoms with van der Waals surface area (Å²) in [5, 5.41) is 5.60. The number of hydrogen-bond donors (Lipinski definition) is 1. The molecule has 3 aromatic carbocycles. The Morgan fingerprint density at radius 2 is 1.88 bits per heavy atom. The minimum absolute atomic E-state index is 0.156. The van der Waals surface area contributed by atoms with Gasteiger partial charge in [0.1, 0.15) is 11.8 Å². The van der Waals surface area contributed by atoms with Crippen molar-refractivity contribution >= 4 is 61.7 Å². The van der Waals surface area contributed by atoms with E-state index >= 15 is 0 Å². The average molecular weight is 538 g/mol. The molecule has 5 nitrogen and oxygen atoms in total. The van der Waals surface area contributed by atoms with Crippen LogP contribution < -0.4 is 10.1 Å². The van der Waals surface area contributed by atoms with Crippen molar-refractivity contribution in [1.82, 2.24) is 10.2 Å². The van der Waals surface area contributed by atoms with Gasteiger partial charge in [0.05, 0.1) is 4.47 Å². The molecule has 0 heterocycles. The van der Waals surface area contributed by atoms with Crippen LogP contribution in [0.25, 0.3) is 10.8 Å². The van der Waals surface area contributed by atoms with E-state index in [0.29, 0.717) is 27.8 Å². The maximum atomic E-state index is 13.2. The molecule has 8 heteroatoms. The molecule has 0 saturated carbocycles. The van der Waals surface area contributed by atoms with Gasteiger partial charge in [0.15, 0.2) is 6.61 Å². The first-order valence-corrected chi connectivity index (χ1v) is 11.7. The van der Waals surface area contributed by atoms with Gasteiger partial charge in [-0.2, -0.15) is 0 Å². The molecule has 32 heavy (non-hydrogen) atoms. The fraction of sp³-hybridized carbons (Fsp3) is 0.250. The normalized spacial score (nSPS) is 11.8. The minimum atomic E-state index is -0.664. The third kappa shape index (κ3) is 5.55. The van der Waals surface area contributed by atoms with Crippen LogP contribution in [-0.4, -0.2) is 36.4 Å². The Balaban J connectivity index is 1.84. The average Bonchev–Trinajstić information content (AvgIpc) is 2.79. The van der Waals surface area contributed by atoms with Crippen molar-refractivity contribution in [1.29, 1.82) is 0 Å². The van der Waals surface area contributed by atoms with Gasteiger partial charge in [0.25, 0.3) is 5.91 Å². The Morgan fingerprint density at radius 3 is 2.56 bits per heavy atom. The number of nitrogens with zero attached hydrogens (tertiary/aromatic N) is 1. The summed E-state index contributed by atoms with van der Waals surface area (Å²) in [4.78, 5) is 27.2. The summed E-state index contributed by atoms with van der Waals surface area (Å²) in [5.74, 6) is -0.0288. The van der Waals surface area contributed by atoms with E-state index < -0.39 is 6.04 Å². The fourth-order valence-electron chi connectivity index (χ4n) is 3.47. The molecule has 0 spiro atoms. The van der Waals surface area contributed by atoms with Crippen LogP contribution in [0.3, 0.4) is 0 Å². The molecule has 0 aliphatic carbocycles. The van der Waals surface area contributed by atoms with E-state index in [1.165, 1.54) is 4.90 Å². The van der Waals surface area contributed by atoms with Gasteiger partial charge < -0.3 is 15.0 Å². The van der Waals surface area contributed by atoms with Crippen molar-refractivity contribution in [2.75, 3.05) is 13.7 Å². The van der Waals surface area contributed by atoms with Crippen molar-refractivity contribution < 1.29 is 14.3 Å². The van der Waals surface area contributed by atoms with Gasteiger partial charge in [-0.15, -0.1) is 0 Å². The monoisotopic (exact) mass is 536 g/mol. The van der Waals surface area contributed by atoms with Gasteiger partial charge in [-0.3, -0.25) is 9.59 Å². The molecule has 2 amide bonds. The summed E-state index contributed by atoms with van der Waals surface area (Å²) in [6.07, 6.45) is 0.441. The predicted octanol–water partition coefficient (Wildman–Crippen LogP) is 5.84. The van der Waals surface area contributed by atoms with Crippen LogP contribution in [0, 0.1) is 0 Å². The van der Waals surface area contributed by atoms with E-state index in [4.69, 9.17) is 27.9 Å². The maximum Gasteiger partial charge on any atom is 0.261 e. The zero-order valence-corrected chi connectivity index (χ0v) is 20.8. The zero-order chi connectivity index (χ0) is 23.3. The summed E-state index contributed by atoms with van der Waals surface area (Å²) >= 11 is 15.9. The number of amides is 2. The smallest absolute Gasteiger partial charge is 0.261 e. The molecule has 3 rings (SSSR count). The SMILES string of the molecule is CCC(C(=O)NC)N(Cc1ccc(Cl)cc1Cl)C(=O)COc1ccc2ccccc2c1Br. The van der Waals surface area contributed by atoms with Crippen LogP contribution in [-0.2, 0) is 16.1 Å². The maximum absolute atomic E-state index is 13.2. The summed E-state index contributed by atoms with van der Waals surface area (Å²) in [6.45, 7) is 1.78. The summed E-state index contributed by atoms with van der Waals surface area (Å²) in [7, 11) is 1.55. The lowest BCUT2D eigenvalue weighted by Crippen LogP contribution is -2.49. The lowest BCUT2D eigenvalue weighted by atomic mass is 10.1. The van der Waals surface area contributed by atoms with E-state index in [1.807, 2.05) is 43.3 Å². The number of carbonyl (C=O) groups is 2. The second-order valence-corrected chi connectivity index (χ2v) is 8.82. The number of rotatable bonds is 8. The second-order valence-electron chi connectivity index (χ2n) is 7.18. The first kappa shape index (κ1) is 24.4. The summed E-state index contributed by atoms with van der Waals surface area (Å²) in [6, 6.07) is 16.0. The minimum Gasteiger partial charge on any atom is -0.483 e. The highest BCUT2D eigenvalue weighted by molar-refractivity contribution is 9.10. The van der Waals surface area contributed by atoms with Gasteiger partial charge in [-0.05, 0) is 56.9 Å². The van der Waals surface area contributed by atoms with Crippen LogP contribution in [0.2, 0.25) is 10.0 Å². The Kier molecular flexibility index (Phi) is 8.40. The number of hydrogen-bond acceptors (Lipinski definition) is 3. The van der Waals surface area contributed by atoms with Crippen molar-refractivity contribution in [3.63, 3.8) is 0 Å². The molecule has 168 valence electrons. The Hall–Kier alpha value is -2.28. The lowest BCUT2D eigenvalue weighted by Gasteiger charge is -2.30. The van der Waals surface area contributed by atoms with Gasteiger partial charge in [-0.25, -0.2) is 0 Å². The molecule has 3 aromatic rings. The molecule has 0 saturated heterocycles. The van der Waals surface area contributed by atoms with Crippen LogP contribution in [0.5, 0.6) is 5.75 Å².